The van der Waals surface area contributed by atoms with Crippen LogP contribution >= 0.6 is 0 Å². The summed E-state index contributed by atoms with van der Waals surface area (Å²) in [6.07, 6.45) is 4.89. The Kier molecular flexibility index (Phi) is 5.70. The fraction of sp³-hybridized carbons (Fsp3) is 0.160. The number of anilines is 1. The molecular weight excluding hydrogens is 376 g/mol. The predicted molar refractivity (Wildman–Crippen MR) is 120 cm³/mol. The van der Waals surface area contributed by atoms with Gasteiger partial charge in [-0.05, 0) is 65.7 Å². The second-order valence-corrected chi connectivity index (χ2v) is 7.05. The monoisotopic (exact) mass is 400 g/mol. The van der Waals surface area contributed by atoms with Crippen molar-refractivity contribution < 1.29 is 14.6 Å². The van der Waals surface area contributed by atoms with E-state index in [1.165, 1.54) is 0 Å². The maximum absolute atomic E-state index is 9.65. The molecule has 0 aromatic heterocycles. The number of aromatic hydroxyl groups is 1. The number of phenols is 1. The SMILES string of the molecule is COc1ccc(C=CC2=NN(c3ccc(O)cc3)C(c3ccc(OC)cc3)C2)cc1. The van der Waals surface area contributed by atoms with Crippen molar-refractivity contribution in [2.45, 2.75) is 12.5 Å². The Hall–Kier alpha value is -3.73. The Morgan fingerprint density at radius 2 is 1.43 bits per heavy atom. The van der Waals surface area contributed by atoms with Gasteiger partial charge in [0.15, 0.2) is 0 Å². The molecule has 0 spiro atoms. The lowest BCUT2D eigenvalue weighted by molar-refractivity contribution is 0.414. The van der Waals surface area contributed by atoms with Crippen molar-refractivity contribution in [3.05, 3.63) is 90.0 Å². The summed E-state index contributed by atoms with van der Waals surface area (Å²) in [5.41, 5.74) is 4.16. The van der Waals surface area contributed by atoms with Gasteiger partial charge in [-0.3, -0.25) is 5.01 Å². The molecule has 1 aliphatic rings. The molecule has 5 nitrogen and oxygen atoms in total. The highest BCUT2D eigenvalue weighted by molar-refractivity contribution is 6.01. The summed E-state index contributed by atoms with van der Waals surface area (Å²) in [4.78, 5) is 0. The summed E-state index contributed by atoms with van der Waals surface area (Å²) in [7, 11) is 3.33. The van der Waals surface area contributed by atoms with E-state index in [9.17, 15) is 5.11 Å². The maximum Gasteiger partial charge on any atom is 0.118 e. The quantitative estimate of drug-likeness (QED) is 0.599. The number of rotatable bonds is 6. The van der Waals surface area contributed by atoms with Crippen molar-refractivity contribution in [1.82, 2.24) is 0 Å². The van der Waals surface area contributed by atoms with E-state index >= 15 is 0 Å². The first kappa shape index (κ1) is 19.6. The second-order valence-electron chi connectivity index (χ2n) is 7.05. The van der Waals surface area contributed by atoms with Crippen LogP contribution in [-0.2, 0) is 0 Å². The normalized spacial score (nSPS) is 16.0. The number of ether oxygens (including phenoxy) is 2. The number of phenolic OH excluding ortho intramolecular Hbond substituents is 1. The van der Waals surface area contributed by atoms with Crippen molar-refractivity contribution in [3.63, 3.8) is 0 Å². The number of allylic oxidation sites excluding steroid dienone is 1. The van der Waals surface area contributed by atoms with Gasteiger partial charge in [0.1, 0.15) is 17.2 Å². The van der Waals surface area contributed by atoms with E-state index in [0.29, 0.717) is 0 Å². The molecule has 0 fully saturated rings. The van der Waals surface area contributed by atoms with E-state index in [4.69, 9.17) is 14.6 Å². The minimum Gasteiger partial charge on any atom is -0.508 e. The zero-order valence-corrected chi connectivity index (χ0v) is 17.0. The van der Waals surface area contributed by atoms with E-state index in [1.54, 1.807) is 26.4 Å². The highest BCUT2D eigenvalue weighted by atomic mass is 16.5. The predicted octanol–water partition coefficient (Wildman–Crippen LogP) is 5.43. The van der Waals surface area contributed by atoms with Crippen LogP contribution in [-0.4, -0.2) is 25.0 Å². The van der Waals surface area contributed by atoms with E-state index in [2.05, 4.69) is 24.3 Å². The molecule has 3 aromatic rings. The summed E-state index contributed by atoms with van der Waals surface area (Å²) in [6.45, 7) is 0. The largest absolute Gasteiger partial charge is 0.508 e. The van der Waals surface area contributed by atoms with Crippen LogP contribution in [0.15, 0.2) is 84.0 Å². The van der Waals surface area contributed by atoms with Crippen molar-refractivity contribution in [1.29, 1.82) is 0 Å². The van der Waals surface area contributed by atoms with E-state index in [1.807, 2.05) is 53.5 Å². The molecule has 1 aliphatic heterocycles. The van der Waals surface area contributed by atoms with Gasteiger partial charge in [-0.15, -0.1) is 0 Å². The van der Waals surface area contributed by atoms with Gasteiger partial charge in [-0.1, -0.05) is 30.3 Å². The Morgan fingerprint density at radius 3 is 2.03 bits per heavy atom. The van der Waals surface area contributed by atoms with Gasteiger partial charge in [0.2, 0.25) is 0 Å². The molecule has 1 unspecified atom stereocenters. The Bertz CT molecular complexity index is 1040. The Balaban J connectivity index is 1.61. The van der Waals surface area contributed by atoms with Crippen LogP contribution in [0.1, 0.15) is 23.6 Å². The summed E-state index contributed by atoms with van der Waals surface area (Å²) in [6, 6.07) is 23.2. The van der Waals surface area contributed by atoms with Gasteiger partial charge in [0.05, 0.1) is 31.7 Å². The lowest BCUT2D eigenvalue weighted by atomic mass is 10.0. The zero-order valence-electron chi connectivity index (χ0n) is 17.0. The maximum atomic E-state index is 9.65. The molecule has 3 aromatic carbocycles. The minimum absolute atomic E-state index is 0.0657. The second kappa shape index (κ2) is 8.74. The summed E-state index contributed by atoms with van der Waals surface area (Å²) >= 11 is 0. The molecule has 1 atom stereocenters. The minimum atomic E-state index is 0.0657. The van der Waals surface area contributed by atoms with Crippen LogP contribution in [0.4, 0.5) is 5.69 Å². The molecule has 0 saturated carbocycles. The average molecular weight is 400 g/mol. The summed E-state index contributed by atoms with van der Waals surface area (Å²) in [5.74, 6) is 1.90. The first-order valence-electron chi connectivity index (χ1n) is 9.78. The lowest BCUT2D eigenvalue weighted by Crippen LogP contribution is -2.18. The molecule has 1 heterocycles. The fourth-order valence-corrected chi connectivity index (χ4v) is 3.47. The van der Waals surface area contributed by atoms with Crippen LogP contribution in [0, 0.1) is 0 Å². The number of hydrogen-bond acceptors (Lipinski definition) is 5. The molecule has 0 bridgehead atoms. The Morgan fingerprint density at radius 1 is 0.833 bits per heavy atom. The smallest absolute Gasteiger partial charge is 0.118 e. The topological polar surface area (TPSA) is 54.3 Å². The number of hydrazone groups is 1. The first-order chi connectivity index (χ1) is 14.7. The molecule has 30 heavy (non-hydrogen) atoms. The zero-order chi connectivity index (χ0) is 20.9. The van der Waals surface area contributed by atoms with E-state index < -0.39 is 0 Å². The standard InChI is InChI=1S/C25H24N2O3/c1-29-23-13-4-18(5-14-23)3-8-20-17-25(19-6-15-24(30-2)16-7-19)27(26-20)21-9-11-22(28)12-10-21/h3-16,25,28H,17H2,1-2H3. The summed E-state index contributed by atoms with van der Waals surface area (Å²) < 4.78 is 10.5. The molecule has 5 heteroatoms. The lowest BCUT2D eigenvalue weighted by Gasteiger charge is -2.24. The van der Waals surface area contributed by atoms with Crippen LogP contribution in [0.25, 0.3) is 6.08 Å². The van der Waals surface area contributed by atoms with Crippen LogP contribution in [0.2, 0.25) is 0 Å². The number of benzene rings is 3. The fourth-order valence-electron chi connectivity index (χ4n) is 3.47. The molecule has 1 N–H and O–H groups in total. The van der Waals surface area contributed by atoms with Crippen molar-refractivity contribution in [3.8, 4) is 17.2 Å². The van der Waals surface area contributed by atoms with Gasteiger partial charge in [0.25, 0.3) is 0 Å². The van der Waals surface area contributed by atoms with Gasteiger partial charge in [-0.25, -0.2) is 0 Å². The number of nitrogens with zero attached hydrogens (tertiary/aromatic N) is 2. The highest BCUT2D eigenvalue weighted by Gasteiger charge is 2.28. The molecule has 0 radical (unpaired) electrons. The van der Waals surface area contributed by atoms with E-state index in [-0.39, 0.29) is 11.8 Å². The van der Waals surface area contributed by atoms with Crippen LogP contribution in [0.3, 0.4) is 0 Å². The van der Waals surface area contributed by atoms with Crippen LogP contribution in [0.5, 0.6) is 17.2 Å². The van der Waals surface area contributed by atoms with Crippen molar-refractivity contribution in [2.24, 2.45) is 5.10 Å². The highest BCUT2D eigenvalue weighted by Crippen LogP contribution is 2.36. The van der Waals surface area contributed by atoms with Crippen molar-refractivity contribution >= 4 is 17.5 Å². The van der Waals surface area contributed by atoms with Gasteiger partial charge < -0.3 is 14.6 Å². The number of methoxy groups -OCH3 is 2. The molecule has 152 valence electrons. The first-order valence-corrected chi connectivity index (χ1v) is 9.78. The van der Waals surface area contributed by atoms with Gasteiger partial charge in [-0.2, -0.15) is 5.10 Å². The third kappa shape index (κ3) is 4.30. The van der Waals surface area contributed by atoms with Crippen LogP contribution < -0.4 is 14.5 Å². The van der Waals surface area contributed by atoms with Crippen molar-refractivity contribution in [2.75, 3.05) is 19.2 Å². The molecule has 4 rings (SSSR count). The Labute approximate surface area is 176 Å². The number of hydrogen-bond donors (Lipinski definition) is 1. The third-order valence-electron chi connectivity index (χ3n) is 5.13. The van der Waals surface area contributed by atoms with E-state index in [0.717, 1.165) is 40.4 Å². The molecule has 0 aliphatic carbocycles. The average Bonchev–Trinajstić information content (AvgIpc) is 3.23. The summed E-state index contributed by atoms with van der Waals surface area (Å²) in [5, 5.41) is 16.5. The third-order valence-corrected chi connectivity index (χ3v) is 5.13. The molecule has 0 amide bonds. The molecular formula is C25H24N2O3. The molecule has 0 saturated heterocycles. The van der Waals surface area contributed by atoms with Gasteiger partial charge in [0, 0.05) is 6.42 Å². The van der Waals surface area contributed by atoms with Gasteiger partial charge >= 0.3 is 0 Å².